The molecule has 108 valence electrons. The summed E-state index contributed by atoms with van der Waals surface area (Å²) in [5, 5.41) is 3.65. The molecule has 20 heavy (non-hydrogen) atoms. The van der Waals surface area contributed by atoms with Gasteiger partial charge in [-0.1, -0.05) is 25.8 Å². The fraction of sp³-hybridized carbons (Fsp3) is 0.562. The quantitative estimate of drug-likeness (QED) is 0.801. The number of benzene rings is 1. The van der Waals surface area contributed by atoms with Crippen molar-refractivity contribution in [2.45, 2.75) is 45.6 Å². The Morgan fingerprint density at radius 2 is 1.95 bits per heavy atom. The Bertz CT molecular complexity index is 649. The summed E-state index contributed by atoms with van der Waals surface area (Å²) in [4.78, 5) is 16.9. The van der Waals surface area contributed by atoms with Crippen LogP contribution in [0.2, 0.25) is 0 Å². The smallest absolute Gasteiger partial charge is 0.310 e. The zero-order chi connectivity index (χ0) is 14.2. The molecule has 1 aromatic carbocycles. The van der Waals surface area contributed by atoms with Gasteiger partial charge in [-0.3, -0.25) is 0 Å². The van der Waals surface area contributed by atoms with Crippen LogP contribution in [0.1, 0.15) is 51.1 Å². The van der Waals surface area contributed by atoms with Crippen molar-refractivity contribution in [1.82, 2.24) is 15.3 Å². The maximum Gasteiger partial charge on any atom is 0.323 e. The van der Waals surface area contributed by atoms with Crippen LogP contribution >= 0.6 is 0 Å². The van der Waals surface area contributed by atoms with Crippen LogP contribution in [0, 0.1) is 5.41 Å². The van der Waals surface area contributed by atoms with Crippen molar-refractivity contribution in [1.29, 1.82) is 0 Å². The molecule has 3 N–H and O–H groups in total. The summed E-state index contributed by atoms with van der Waals surface area (Å²) in [5.41, 5.74) is 3.29. The van der Waals surface area contributed by atoms with E-state index in [0.29, 0.717) is 11.5 Å². The topological polar surface area (TPSA) is 60.7 Å². The van der Waals surface area contributed by atoms with Gasteiger partial charge in [-0.15, -0.1) is 0 Å². The minimum atomic E-state index is -0.142. The molecule has 1 heterocycles. The van der Waals surface area contributed by atoms with Gasteiger partial charge < -0.3 is 15.3 Å². The third-order valence-corrected chi connectivity index (χ3v) is 4.69. The zero-order valence-electron chi connectivity index (χ0n) is 12.3. The summed E-state index contributed by atoms with van der Waals surface area (Å²) < 4.78 is 0. The van der Waals surface area contributed by atoms with Crippen LogP contribution in [0.5, 0.6) is 0 Å². The minimum absolute atomic E-state index is 0.142. The van der Waals surface area contributed by atoms with Gasteiger partial charge in [0.1, 0.15) is 0 Å². The SMILES string of the molecule is CC(NCC1(C)CCCC1)c1ccc2[nH]c(=O)[nH]c2c1. The third-order valence-electron chi connectivity index (χ3n) is 4.69. The lowest BCUT2D eigenvalue weighted by Gasteiger charge is -2.26. The first-order valence-electron chi connectivity index (χ1n) is 7.51. The van der Waals surface area contributed by atoms with Gasteiger partial charge in [-0.2, -0.15) is 0 Å². The van der Waals surface area contributed by atoms with Crippen LogP contribution in [0.25, 0.3) is 11.0 Å². The predicted molar refractivity (Wildman–Crippen MR) is 81.9 cm³/mol. The number of aromatic nitrogens is 2. The van der Waals surface area contributed by atoms with Crippen molar-refractivity contribution in [2.24, 2.45) is 5.41 Å². The number of hydrogen-bond acceptors (Lipinski definition) is 2. The van der Waals surface area contributed by atoms with Gasteiger partial charge in [0.25, 0.3) is 0 Å². The molecule has 0 aliphatic heterocycles. The summed E-state index contributed by atoms with van der Waals surface area (Å²) in [6.07, 6.45) is 5.39. The Morgan fingerprint density at radius 3 is 2.70 bits per heavy atom. The predicted octanol–water partition coefficient (Wildman–Crippen LogP) is 3.09. The highest BCUT2D eigenvalue weighted by molar-refractivity contribution is 5.75. The van der Waals surface area contributed by atoms with Crippen molar-refractivity contribution in [2.75, 3.05) is 6.54 Å². The average Bonchev–Trinajstić information content (AvgIpc) is 3.00. The highest BCUT2D eigenvalue weighted by atomic mass is 16.1. The lowest BCUT2D eigenvalue weighted by atomic mass is 9.88. The molecule has 0 radical (unpaired) electrons. The van der Waals surface area contributed by atoms with Crippen LogP contribution in [0.15, 0.2) is 23.0 Å². The summed E-state index contributed by atoms with van der Waals surface area (Å²) in [6, 6.07) is 6.41. The van der Waals surface area contributed by atoms with Gasteiger partial charge in [0, 0.05) is 12.6 Å². The Labute approximate surface area is 119 Å². The normalized spacial score (nSPS) is 19.5. The second-order valence-electron chi connectivity index (χ2n) is 6.50. The monoisotopic (exact) mass is 273 g/mol. The second kappa shape index (κ2) is 5.09. The molecule has 1 atom stereocenters. The molecule has 0 amide bonds. The van der Waals surface area contributed by atoms with Crippen LogP contribution in [0.3, 0.4) is 0 Å². The molecule has 1 saturated carbocycles. The van der Waals surface area contributed by atoms with Gasteiger partial charge in [0.05, 0.1) is 11.0 Å². The number of H-pyrrole nitrogens is 2. The molecular weight excluding hydrogens is 250 g/mol. The van der Waals surface area contributed by atoms with E-state index < -0.39 is 0 Å². The van der Waals surface area contributed by atoms with Gasteiger partial charge >= 0.3 is 5.69 Å². The fourth-order valence-electron chi connectivity index (χ4n) is 3.24. The minimum Gasteiger partial charge on any atom is -0.310 e. The van der Waals surface area contributed by atoms with Crippen LogP contribution in [-0.2, 0) is 0 Å². The lowest BCUT2D eigenvalue weighted by molar-refractivity contribution is 0.302. The standard InChI is InChI=1S/C16H23N3O/c1-11(17-10-16(2)7-3-4-8-16)12-5-6-13-14(9-12)19-15(20)18-13/h5-6,9,11,17H,3-4,7-8,10H2,1-2H3,(H2,18,19,20). The molecule has 4 heteroatoms. The first-order valence-corrected chi connectivity index (χ1v) is 7.51. The van der Waals surface area contributed by atoms with Gasteiger partial charge in [-0.25, -0.2) is 4.79 Å². The number of nitrogens with one attached hydrogen (secondary N) is 3. The highest BCUT2D eigenvalue weighted by Crippen LogP contribution is 2.37. The van der Waals surface area contributed by atoms with Crippen molar-refractivity contribution in [3.63, 3.8) is 0 Å². The highest BCUT2D eigenvalue weighted by Gasteiger charge is 2.28. The van der Waals surface area contributed by atoms with Crippen molar-refractivity contribution in [3.05, 3.63) is 34.2 Å². The van der Waals surface area contributed by atoms with Crippen LogP contribution in [0.4, 0.5) is 0 Å². The number of imidazole rings is 1. The molecule has 1 aliphatic rings. The maximum atomic E-state index is 11.3. The largest absolute Gasteiger partial charge is 0.323 e. The van der Waals surface area contributed by atoms with E-state index in [4.69, 9.17) is 0 Å². The Morgan fingerprint density at radius 1 is 1.25 bits per heavy atom. The van der Waals surface area contributed by atoms with Gasteiger partial charge in [-0.05, 0) is 42.9 Å². The van der Waals surface area contributed by atoms with E-state index in [1.807, 2.05) is 6.07 Å². The molecule has 1 aromatic heterocycles. The molecule has 2 aromatic rings. The maximum absolute atomic E-state index is 11.3. The molecule has 3 rings (SSSR count). The van der Waals surface area contributed by atoms with E-state index in [9.17, 15) is 4.79 Å². The summed E-state index contributed by atoms with van der Waals surface area (Å²) in [7, 11) is 0. The first-order chi connectivity index (χ1) is 9.56. The van der Waals surface area contributed by atoms with E-state index in [2.05, 4.69) is 41.3 Å². The average molecular weight is 273 g/mol. The van der Waals surface area contributed by atoms with E-state index in [0.717, 1.165) is 17.6 Å². The van der Waals surface area contributed by atoms with Crippen molar-refractivity contribution >= 4 is 11.0 Å². The summed E-state index contributed by atoms with van der Waals surface area (Å²) in [6.45, 7) is 5.63. The Balaban J connectivity index is 1.71. The van der Waals surface area contributed by atoms with E-state index in [1.165, 1.54) is 31.2 Å². The van der Waals surface area contributed by atoms with E-state index >= 15 is 0 Å². The van der Waals surface area contributed by atoms with Crippen LogP contribution in [-0.4, -0.2) is 16.5 Å². The third kappa shape index (κ3) is 2.66. The summed E-state index contributed by atoms with van der Waals surface area (Å²) in [5.74, 6) is 0. The van der Waals surface area contributed by atoms with E-state index in [-0.39, 0.29) is 5.69 Å². The van der Waals surface area contributed by atoms with Gasteiger partial charge in [0.2, 0.25) is 0 Å². The molecular formula is C16H23N3O. The fourth-order valence-corrected chi connectivity index (χ4v) is 3.24. The first kappa shape index (κ1) is 13.4. The number of rotatable bonds is 4. The van der Waals surface area contributed by atoms with Crippen LogP contribution < -0.4 is 11.0 Å². The Hall–Kier alpha value is -1.55. The molecule has 1 aliphatic carbocycles. The molecule has 0 spiro atoms. The number of fused-ring (bicyclic) bond motifs is 1. The molecule has 1 unspecified atom stereocenters. The molecule has 0 bridgehead atoms. The number of hydrogen-bond donors (Lipinski definition) is 3. The zero-order valence-corrected chi connectivity index (χ0v) is 12.3. The van der Waals surface area contributed by atoms with Crippen molar-refractivity contribution < 1.29 is 0 Å². The lowest BCUT2D eigenvalue weighted by Crippen LogP contribution is -2.31. The molecule has 1 fully saturated rings. The number of aromatic amines is 2. The summed E-state index contributed by atoms with van der Waals surface area (Å²) >= 11 is 0. The van der Waals surface area contributed by atoms with Gasteiger partial charge in [0.15, 0.2) is 0 Å². The van der Waals surface area contributed by atoms with E-state index in [1.54, 1.807) is 0 Å². The molecule has 0 saturated heterocycles. The van der Waals surface area contributed by atoms with Crippen molar-refractivity contribution in [3.8, 4) is 0 Å². The second-order valence-corrected chi connectivity index (χ2v) is 6.50. The Kier molecular flexibility index (Phi) is 3.42. The molecule has 4 nitrogen and oxygen atoms in total.